The Kier molecular flexibility index (Phi) is 6.92. The van der Waals surface area contributed by atoms with Crippen molar-refractivity contribution < 1.29 is 13.2 Å². The van der Waals surface area contributed by atoms with Gasteiger partial charge in [-0.2, -0.15) is 4.72 Å². The van der Waals surface area contributed by atoms with Crippen LogP contribution in [0.2, 0.25) is 0 Å². The van der Waals surface area contributed by atoms with Crippen molar-refractivity contribution in [2.24, 2.45) is 5.92 Å². The van der Waals surface area contributed by atoms with E-state index in [1.165, 1.54) is 0 Å². The van der Waals surface area contributed by atoms with Crippen LogP contribution in [0, 0.1) is 5.92 Å². The average Bonchev–Trinajstić information content (AvgIpc) is 2.82. The second-order valence-electron chi connectivity index (χ2n) is 8.68. The van der Waals surface area contributed by atoms with Crippen LogP contribution in [0.15, 0.2) is 77.7 Å². The van der Waals surface area contributed by atoms with Crippen molar-refractivity contribution in [3.05, 3.63) is 78.4 Å². The van der Waals surface area contributed by atoms with Crippen LogP contribution in [0.3, 0.4) is 0 Å². The first-order valence-electron chi connectivity index (χ1n) is 11.3. The summed E-state index contributed by atoms with van der Waals surface area (Å²) in [6.45, 7) is 3.55. The number of carbonyl (C=O) groups is 1. The molecule has 32 heavy (non-hydrogen) atoms. The van der Waals surface area contributed by atoms with E-state index in [0.717, 1.165) is 23.8 Å². The minimum atomic E-state index is -3.88. The molecule has 5 nitrogen and oxygen atoms in total. The van der Waals surface area contributed by atoms with Gasteiger partial charge in [0.25, 0.3) is 0 Å². The van der Waals surface area contributed by atoms with Crippen LogP contribution >= 0.6 is 0 Å². The van der Waals surface area contributed by atoms with Crippen LogP contribution in [0.25, 0.3) is 10.8 Å². The molecule has 1 aliphatic heterocycles. The number of hydrogen-bond donors (Lipinski definition) is 1. The Bertz CT molecular complexity index is 1160. The Morgan fingerprint density at radius 1 is 0.969 bits per heavy atom. The maximum Gasteiger partial charge on any atom is 0.241 e. The number of fused-ring (bicyclic) bond motifs is 1. The van der Waals surface area contributed by atoms with Gasteiger partial charge < -0.3 is 4.90 Å². The zero-order chi connectivity index (χ0) is 22.6. The Morgan fingerprint density at radius 2 is 1.62 bits per heavy atom. The van der Waals surface area contributed by atoms with Crippen LogP contribution in [0.1, 0.15) is 31.7 Å². The summed E-state index contributed by atoms with van der Waals surface area (Å²) in [6, 6.07) is 21.7. The number of likely N-dealkylation sites (tertiary alicyclic amines) is 1. The number of amides is 1. The normalized spacial score (nSPS) is 16.2. The molecule has 1 saturated heterocycles. The van der Waals surface area contributed by atoms with Crippen LogP contribution in [-0.2, 0) is 21.2 Å². The molecular weight excluding hydrogens is 420 g/mol. The molecule has 3 aromatic rings. The van der Waals surface area contributed by atoms with Crippen molar-refractivity contribution in [1.82, 2.24) is 9.62 Å². The lowest BCUT2D eigenvalue weighted by Gasteiger charge is -2.33. The third kappa shape index (κ3) is 5.19. The molecule has 0 bridgehead atoms. The fraction of sp³-hybridized carbons (Fsp3) is 0.346. The maximum atomic E-state index is 13.4. The molecule has 4 rings (SSSR count). The van der Waals surface area contributed by atoms with Gasteiger partial charge in [0, 0.05) is 18.5 Å². The molecule has 1 aliphatic rings. The highest BCUT2D eigenvalue weighted by atomic mass is 32.2. The molecule has 0 aromatic heterocycles. The third-order valence-electron chi connectivity index (χ3n) is 6.29. The number of nitrogens with zero attached hydrogens (tertiary/aromatic N) is 1. The highest BCUT2D eigenvalue weighted by Gasteiger charge is 2.31. The standard InChI is InChI=1S/C26H30N2O3S/c1-20-16-18-28(19-17-20)26(29)24(15-14-21-8-3-2-4-9-21)27-32(30,31)25-13-7-11-22-10-5-6-12-23(22)25/h2-13,20,24,27H,14-19H2,1H3. The summed E-state index contributed by atoms with van der Waals surface area (Å²) in [7, 11) is -3.88. The van der Waals surface area contributed by atoms with Crippen LogP contribution in [-0.4, -0.2) is 38.4 Å². The minimum Gasteiger partial charge on any atom is -0.341 e. The van der Waals surface area contributed by atoms with Crippen molar-refractivity contribution in [2.75, 3.05) is 13.1 Å². The minimum absolute atomic E-state index is 0.128. The first-order chi connectivity index (χ1) is 15.4. The SMILES string of the molecule is CC1CCN(C(=O)C(CCc2ccccc2)NS(=O)(=O)c2cccc3ccccc23)CC1. The molecular formula is C26H30N2O3S. The van der Waals surface area contributed by atoms with E-state index in [4.69, 9.17) is 0 Å². The number of aryl methyl sites for hydroxylation is 1. The highest BCUT2D eigenvalue weighted by Crippen LogP contribution is 2.24. The van der Waals surface area contributed by atoms with Crippen LogP contribution in [0.5, 0.6) is 0 Å². The molecule has 0 radical (unpaired) electrons. The van der Waals surface area contributed by atoms with Crippen molar-refractivity contribution >= 4 is 26.7 Å². The van der Waals surface area contributed by atoms with E-state index < -0.39 is 16.1 Å². The van der Waals surface area contributed by atoms with Gasteiger partial charge in [0.1, 0.15) is 6.04 Å². The summed E-state index contributed by atoms with van der Waals surface area (Å²) in [4.78, 5) is 15.4. The zero-order valence-electron chi connectivity index (χ0n) is 18.4. The number of hydrogen-bond acceptors (Lipinski definition) is 3. The average molecular weight is 451 g/mol. The van der Waals surface area contributed by atoms with Crippen molar-refractivity contribution in [3.63, 3.8) is 0 Å². The van der Waals surface area contributed by atoms with Gasteiger partial charge in [-0.1, -0.05) is 73.7 Å². The van der Waals surface area contributed by atoms with Gasteiger partial charge in [0.05, 0.1) is 4.90 Å². The lowest BCUT2D eigenvalue weighted by molar-refractivity contribution is -0.134. The number of benzene rings is 3. The summed E-state index contributed by atoms with van der Waals surface area (Å²) >= 11 is 0. The lowest BCUT2D eigenvalue weighted by Crippen LogP contribution is -2.50. The summed E-state index contributed by atoms with van der Waals surface area (Å²) in [6.07, 6.45) is 2.94. The molecule has 1 amide bonds. The molecule has 6 heteroatoms. The number of nitrogens with one attached hydrogen (secondary N) is 1. The van der Waals surface area contributed by atoms with E-state index in [2.05, 4.69) is 11.6 Å². The molecule has 1 fully saturated rings. The number of rotatable bonds is 7. The van der Waals surface area contributed by atoms with E-state index >= 15 is 0 Å². The van der Waals surface area contributed by atoms with Gasteiger partial charge >= 0.3 is 0 Å². The Labute approximate surface area is 190 Å². The van der Waals surface area contributed by atoms with Crippen LogP contribution in [0.4, 0.5) is 0 Å². The molecule has 1 atom stereocenters. The maximum absolute atomic E-state index is 13.4. The summed E-state index contributed by atoms with van der Waals surface area (Å²) < 4.78 is 29.6. The first-order valence-corrected chi connectivity index (χ1v) is 12.7. The summed E-state index contributed by atoms with van der Waals surface area (Å²) in [5, 5.41) is 1.51. The van der Waals surface area contributed by atoms with Crippen molar-refractivity contribution in [2.45, 2.75) is 43.5 Å². The molecule has 1 heterocycles. The van der Waals surface area contributed by atoms with Crippen LogP contribution < -0.4 is 4.72 Å². The van der Waals surface area contributed by atoms with Gasteiger partial charge in [0.2, 0.25) is 15.9 Å². The number of carbonyl (C=O) groups excluding carboxylic acids is 1. The molecule has 0 saturated carbocycles. The fourth-order valence-corrected chi connectivity index (χ4v) is 5.77. The Morgan fingerprint density at radius 3 is 2.38 bits per heavy atom. The van der Waals surface area contributed by atoms with Gasteiger partial charge in [-0.15, -0.1) is 0 Å². The largest absolute Gasteiger partial charge is 0.341 e. The molecule has 0 spiro atoms. The molecule has 0 aliphatic carbocycles. The van der Waals surface area contributed by atoms with Gasteiger partial charge in [-0.3, -0.25) is 4.79 Å². The second kappa shape index (κ2) is 9.84. The van der Waals surface area contributed by atoms with Crippen molar-refractivity contribution in [3.8, 4) is 0 Å². The Balaban J connectivity index is 1.60. The van der Waals surface area contributed by atoms with E-state index in [-0.39, 0.29) is 10.8 Å². The molecule has 3 aromatic carbocycles. The number of piperidine rings is 1. The fourth-order valence-electron chi connectivity index (χ4n) is 4.32. The predicted octanol–water partition coefficient (Wildman–Crippen LogP) is 4.38. The van der Waals surface area contributed by atoms with E-state index in [1.54, 1.807) is 18.2 Å². The predicted molar refractivity (Wildman–Crippen MR) is 128 cm³/mol. The molecule has 1 N–H and O–H groups in total. The summed E-state index contributed by atoms with van der Waals surface area (Å²) in [5.41, 5.74) is 1.09. The number of sulfonamides is 1. The van der Waals surface area contributed by atoms with E-state index in [1.807, 2.05) is 59.5 Å². The van der Waals surface area contributed by atoms with Gasteiger partial charge in [-0.05, 0) is 48.6 Å². The van der Waals surface area contributed by atoms with E-state index in [9.17, 15) is 13.2 Å². The lowest BCUT2D eigenvalue weighted by atomic mass is 9.98. The topological polar surface area (TPSA) is 66.5 Å². The molecule has 1 unspecified atom stereocenters. The second-order valence-corrected chi connectivity index (χ2v) is 10.4. The van der Waals surface area contributed by atoms with Gasteiger partial charge in [0.15, 0.2) is 0 Å². The summed E-state index contributed by atoms with van der Waals surface area (Å²) in [5.74, 6) is 0.464. The zero-order valence-corrected chi connectivity index (χ0v) is 19.2. The third-order valence-corrected chi connectivity index (χ3v) is 7.82. The monoisotopic (exact) mass is 450 g/mol. The Hall–Kier alpha value is -2.70. The smallest absolute Gasteiger partial charge is 0.241 e. The quantitative estimate of drug-likeness (QED) is 0.581. The van der Waals surface area contributed by atoms with Gasteiger partial charge in [-0.25, -0.2) is 8.42 Å². The highest BCUT2D eigenvalue weighted by molar-refractivity contribution is 7.89. The molecule has 168 valence electrons. The first kappa shape index (κ1) is 22.5. The van der Waals surface area contributed by atoms with E-state index in [0.29, 0.717) is 37.2 Å². The van der Waals surface area contributed by atoms with Crippen molar-refractivity contribution in [1.29, 1.82) is 0 Å².